The van der Waals surface area contributed by atoms with Gasteiger partial charge in [-0.1, -0.05) is 33.1 Å². The van der Waals surface area contributed by atoms with Gasteiger partial charge < -0.3 is 5.32 Å². The molecule has 2 fully saturated rings. The van der Waals surface area contributed by atoms with E-state index in [1.807, 2.05) is 0 Å². The van der Waals surface area contributed by atoms with E-state index in [-0.39, 0.29) is 0 Å². The molecule has 2 unspecified atom stereocenters. The third-order valence-electron chi connectivity index (χ3n) is 4.79. The number of hydrogen-bond acceptors (Lipinski definition) is 2. The van der Waals surface area contributed by atoms with E-state index < -0.39 is 0 Å². The molecule has 1 heterocycles. The Labute approximate surface area is 107 Å². The van der Waals surface area contributed by atoms with Crippen molar-refractivity contribution in [3.8, 4) is 0 Å². The molecule has 2 atom stereocenters. The lowest BCUT2D eigenvalue weighted by molar-refractivity contribution is 0.0334. The van der Waals surface area contributed by atoms with Crippen molar-refractivity contribution in [2.75, 3.05) is 19.6 Å². The molecule has 1 spiro atoms. The molecule has 0 aromatic heterocycles. The molecule has 2 heteroatoms. The Morgan fingerprint density at radius 1 is 1.35 bits per heavy atom. The van der Waals surface area contributed by atoms with Crippen molar-refractivity contribution in [3.05, 3.63) is 0 Å². The van der Waals surface area contributed by atoms with E-state index in [0.29, 0.717) is 11.6 Å². The van der Waals surface area contributed by atoms with Crippen LogP contribution in [0.1, 0.15) is 59.3 Å². The van der Waals surface area contributed by atoms with Gasteiger partial charge in [-0.3, -0.25) is 4.90 Å². The zero-order valence-corrected chi connectivity index (χ0v) is 12.0. The van der Waals surface area contributed by atoms with Gasteiger partial charge in [-0.05, 0) is 32.1 Å². The molecule has 17 heavy (non-hydrogen) atoms. The predicted molar refractivity (Wildman–Crippen MR) is 74.3 cm³/mol. The van der Waals surface area contributed by atoms with E-state index in [4.69, 9.17) is 0 Å². The van der Waals surface area contributed by atoms with E-state index in [9.17, 15) is 0 Å². The molecule has 1 aliphatic heterocycles. The molecule has 1 aliphatic carbocycles. The topological polar surface area (TPSA) is 15.3 Å². The predicted octanol–water partition coefficient (Wildman–Crippen LogP) is 3.03. The van der Waals surface area contributed by atoms with Gasteiger partial charge in [0, 0.05) is 31.2 Å². The summed E-state index contributed by atoms with van der Waals surface area (Å²) in [5, 5.41) is 3.71. The number of rotatable bonds is 4. The van der Waals surface area contributed by atoms with Gasteiger partial charge in [-0.2, -0.15) is 0 Å². The summed E-state index contributed by atoms with van der Waals surface area (Å²) >= 11 is 0. The second-order valence-electron chi connectivity index (χ2n) is 6.51. The number of nitrogens with zero attached hydrogens (tertiary/aromatic N) is 1. The molecule has 1 saturated carbocycles. The van der Waals surface area contributed by atoms with Crippen LogP contribution in [0.3, 0.4) is 0 Å². The van der Waals surface area contributed by atoms with Crippen molar-refractivity contribution < 1.29 is 0 Å². The van der Waals surface area contributed by atoms with Gasteiger partial charge in [0.25, 0.3) is 0 Å². The minimum atomic E-state index is 0.522. The van der Waals surface area contributed by atoms with Crippen molar-refractivity contribution in [2.24, 2.45) is 5.92 Å². The highest BCUT2D eigenvalue weighted by Gasteiger charge is 2.42. The van der Waals surface area contributed by atoms with E-state index in [1.54, 1.807) is 0 Å². The lowest BCUT2D eigenvalue weighted by Crippen LogP contribution is -2.63. The van der Waals surface area contributed by atoms with Crippen LogP contribution in [-0.4, -0.2) is 36.1 Å². The van der Waals surface area contributed by atoms with E-state index in [0.717, 1.165) is 5.92 Å². The first-order valence-corrected chi connectivity index (χ1v) is 7.65. The minimum absolute atomic E-state index is 0.522. The summed E-state index contributed by atoms with van der Waals surface area (Å²) in [6, 6.07) is 0.676. The van der Waals surface area contributed by atoms with Crippen LogP contribution in [0.5, 0.6) is 0 Å². The van der Waals surface area contributed by atoms with Crippen molar-refractivity contribution >= 4 is 0 Å². The van der Waals surface area contributed by atoms with E-state index in [2.05, 4.69) is 31.0 Å². The molecule has 0 bridgehead atoms. The molecule has 0 amide bonds. The summed E-state index contributed by atoms with van der Waals surface area (Å²) in [4.78, 5) is 2.83. The standard InChI is InChI=1S/C15H30N2/c1-4-7-13(2)10-17-11-14(3)16-12-15(17)8-5-6-9-15/h13-14,16H,4-12H2,1-3H3. The minimum Gasteiger partial charge on any atom is -0.311 e. The number of nitrogens with one attached hydrogen (secondary N) is 1. The first kappa shape index (κ1) is 13.4. The fourth-order valence-electron chi connectivity index (χ4n) is 3.82. The quantitative estimate of drug-likeness (QED) is 0.810. The second-order valence-corrected chi connectivity index (χ2v) is 6.51. The molecule has 0 aromatic rings. The fraction of sp³-hybridized carbons (Fsp3) is 1.00. The zero-order chi connectivity index (χ0) is 12.3. The first-order valence-electron chi connectivity index (χ1n) is 7.65. The van der Waals surface area contributed by atoms with Crippen LogP contribution in [-0.2, 0) is 0 Å². The highest BCUT2D eigenvalue weighted by molar-refractivity contribution is 5.01. The molecule has 2 nitrogen and oxygen atoms in total. The van der Waals surface area contributed by atoms with Crippen LogP contribution in [0.15, 0.2) is 0 Å². The lowest BCUT2D eigenvalue weighted by Gasteiger charge is -2.48. The second kappa shape index (κ2) is 5.71. The lowest BCUT2D eigenvalue weighted by atomic mass is 9.89. The van der Waals surface area contributed by atoms with Gasteiger partial charge in [-0.25, -0.2) is 0 Å². The number of piperazine rings is 1. The molecule has 2 rings (SSSR count). The van der Waals surface area contributed by atoms with Gasteiger partial charge >= 0.3 is 0 Å². The molecule has 1 N–H and O–H groups in total. The van der Waals surface area contributed by atoms with Crippen LogP contribution in [0.2, 0.25) is 0 Å². The monoisotopic (exact) mass is 238 g/mol. The molecule has 0 radical (unpaired) electrons. The summed E-state index contributed by atoms with van der Waals surface area (Å²) in [5.74, 6) is 0.864. The zero-order valence-electron chi connectivity index (χ0n) is 12.0. The largest absolute Gasteiger partial charge is 0.311 e. The smallest absolute Gasteiger partial charge is 0.0334 e. The van der Waals surface area contributed by atoms with Gasteiger partial charge in [0.05, 0.1) is 0 Å². The Morgan fingerprint density at radius 2 is 2.06 bits per heavy atom. The van der Waals surface area contributed by atoms with Gasteiger partial charge in [-0.15, -0.1) is 0 Å². The Morgan fingerprint density at radius 3 is 2.71 bits per heavy atom. The number of hydrogen-bond donors (Lipinski definition) is 1. The normalized spacial score (nSPS) is 30.9. The molecular weight excluding hydrogens is 208 g/mol. The van der Waals surface area contributed by atoms with Crippen molar-refractivity contribution in [1.82, 2.24) is 10.2 Å². The summed E-state index contributed by atoms with van der Waals surface area (Å²) in [6.45, 7) is 10.9. The van der Waals surface area contributed by atoms with E-state index >= 15 is 0 Å². The Balaban J connectivity index is 1.98. The van der Waals surface area contributed by atoms with Crippen LogP contribution in [0, 0.1) is 5.92 Å². The highest BCUT2D eigenvalue weighted by Crippen LogP contribution is 2.37. The van der Waals surface area contributed by atoms with Gasteiger partial charge in [0.1, 0.15) is 0 Å². The first-order chi connectivity index (χ1) is 8.16. The van der Waals surface area contributed by atoms with Crippen LogP contribution in [0.25, 0.3) is 0 Å². The summed E-state index contributed by atoms with van der Waals surface area (Å²) in [6.07, 6.45) is 8.44. The molecule has 100 valence electrons. The molecule has 2 aliphatic rings. The Hall–Kier alpha value is -0.0800. The fourth-order valence-corrected chi connectivity index (χ4v) is 3.82. The van der Waals surface area contributed by atoms with Gasteiger partial charge in [0.15, 0.2) is 0 Å². The summed E-state index contributed by atoms with van der Waals surface area (Å²) in [5.41, 5.74) is 0.522. The highest BCUT2D eigenvalue weighted by atomic mass is 15.3. The molecule has 0 aromatic carbocycles. The van der Waals surface area contributed by atoms with Crippen LogP contribution in [0.4, 0.5) is 0 Å². The Bertz CT molecular complexity index is 233. The maximum absolute atomic E-state index is 3.71. The van der Waals surface area contributed by atoms with Crippen LogP contribution >= 0.6 is 0 Å². The third kappa shape index (κ3) is 3.03. The maximum Gasteiger partial charge on any atom is 0.0334 e. The van der Waals surface area contributed by atoms with Crippen molar-refractivity contribution in [2.45, 2.75) is 70.9 Å². The SMILES string of the molecule is CCCC(C)CN1CC(C)NCC12CCCC2. The third-order valence-corrected chi connectivity index (χ3v) is 4.79. The maximum atomic E-state index is 3.71. The Kier molecular flexibility index (Phi) is 4.48. The van der Waals surface area contributed by atoms with Gasteiger partial charge in [0.2, 0.25) is 0 Å². The van der Waals surface area contributed by atoms with E-state index in [1.165, 1.54) is 58.2 Å². The average Bonchev–Trinajstić information content (AvgIpc) is 2.74. The summed E-state index contributed by atoms with van der Waals surface area (Å²) in [7, 11) is 0. The van der Waals surface area contributed by atoms with Crippen LogP contribution < -0.4 is 5.32 Å². The average molecular weight is 238 g/mol. The van der Waals surface area contributed by atoms with Crippen molar-refractivity contribution in [1.29, 1.82) is 0 Å². The molecule has 1 saturated heterocycles. The summed E-state index contributed by atoms with van der Waals surface area (Å²) < 4.78 is 0. The molecular formula is C15H30N2. The van der Waals surface area contributed by atoms with Crippen molar-refractivity contribution in [3.63, 3.8) is 0 Å².